The molecular weight excluding hydrogens is 265 g/mol. The number of unbranched alkanes of at least 4 members (excludes halogenated alkanes) is 1. The monoisotopic (exact) mass is 284 g/mol. The molecule has 0 spiro atoms. The predicted molar refractivity (Wildman–Crippen MR) is 62.7 cm³/mol. The van der Waals surface area contributed by atoms with Crippen LogP contribution >= 0.6 is 0 Å². The molecule has 1 atom stereocenters. The zero-order valence-electron chi connectivity index (χ0n) is 10.7. The fourth-order valence-electron chi connectivity index (χ4n) is 1.39. The van der Waals surface area contributed by atoms with Gasteiger partial charge in [-0.1, -0.05) is 13.3 Å². The van der Waals surface area contributed by atoms with Crippen LogP contribution < -0.4 is 10.6 Å². The second-order valence-corrected chi connectivity index (χ2v) is 4.16. The van der Waals surface area contributed by atoms with Gasteiger partial charge in [-0.3, -0.25) is 4.79 Å². The van der Waals surface area contributed by atoms with Crippen molar-refractivity contribution in [1.82, 2.24) is 10.6 Å². The Morgan fingerprint density at radius 1 is 1.21 bits per heavy atom. The van der Waals surface area contributed by atoms with Crippen molar-refractivity contribution in [1.29, 1.82) is 0 Å². The number of halogens is 3. The van der Waals surface area contributed by atoms with Crippen LogP contribution in [0, 0.1) is 5.92 Å². The standard InChI is InChI=1S/C11H19F3N2O3/c1-2-3-5-15-10(19)16-6-4-8(7-9(17)18)11(12,13)14/h8H,2-7H2,1H3,(H,17,18)(H2,15,16,19). The summed E-state index contributed by atoms with van der Waals surface area (Å²) in [4.78, 5) is 21.5. The third-order valence-corrected chi connectivity index (χ3v) is 2.48. The zero-order chi connectivity index (χ0) is 14.9. The molecule has 0 aromatic heterocycles. The second-order valence-electron chi connectivity index (χ2n) is 4.16. The fourth-order valence-corrected chi connectivity index (χ4v) is 1.39. The molecular formula is C11H19F3N2O3. The first-order valence-electron chi connectivity index (χ1n) is 6.07. The Morgan fingerprint density at radius 3 is 2.26 bits per heavy atom. The fraction of sp³-hybridized carbons (Fsp3) is 0.818. The number of urea groups is 1. The first-order chi connectivity index (χ1) is 8.77. The van der Waals surface area contributed by atoms with E-state index in [1.165, 1.54) is 0 Å². The molecule has 0 saturated carbocycles. The number of aliphatic carboxylic acids is 1. The minimum absolute atomic E-state index is 0.213. The number of carbonyl (C=O) groups is 2. The number of carboxylic acids is 1. The summed E-state index contributed by atoms with van der Waals surface area (Å²) in [5, 5.41) is 13.2. The molecule has 0 aromatic carbocycles. The summed E-state index contributed by atoms with van der Waals surface area (Å²) in [5.41, 5.74) is 0. The van der Waals surface area contributed by atoms with Crippen molar-refractivity contribution in [2.24, 2.45) is 5.92 Å². The molecule has 0 heterocycles. The maximum absolute atomic E-state index is 12.5. The van der Waals surface area contributed by atoms with Gasteiger partial charge in [0, 0.05) is 13.1 Å². The molecule has 0 saturated heterocycles. The van der Waals surface area contributed by atoms with E-state index in [1.807, 2.05) is 6.92 Å². The van der Waals surface area contributed by atoms with E-state index in [0.717, 1.165) is 12.8 Å². The molecule has 112 valence electrons. The van der Waals surface area contributed by atoms with Gasteiger partial charge in [0.15, 0.2) is 0 Å². The van der Waals surface area contributed by atoms with Gasteiger partial charge in [0.2, 0.25) is 0 Å². The summed E-state index contributed by atoms with van der Waals surface area (Å²) >= 11 is 0. The predicted octanol–water partition coefficient (Wildman–Crippen LogP) is 2.13. The Balaban J connectivity index is 3.99. The Kier molecular flexibility index (Phi) is 7.94. The molecule has 19 heavy (non-hydrogen) atoms. The van der Waals surface area contributed by atoms with E-state index in [0.29, 0.717) is 6.54 Å². The molecule has 0 aliphatic heterocycles. The topological polar surface area (TPSA) is 78.4 Å². The summed E-state index contributed by atoms with van der Waals surface area (Å²) in [6.45, 7) is 2.19. The summed E-state index contributed by atoms with van der Waals surface area (Å²) in [7, 11) is 0. The highest BCUT2D eigenvalue weighted by Gasteiger charge is 2.40. The quantitative estimate of drug-likeness (QED) is 0.597. The lowest BCUT2D eigenvalue weighted by molar-refractivity contribution is -0.184. The third kappa shape index (κ3) is 9.15. The first-order valence-corrected chi connectivity index (χ1v) is 6.07. The highest BCUT2D eigenvalue weighted by Crippen LogP contribution is 2.31. The second kappa shape index (κ2) is 8.60. The van der Waals surface area contributed by atoms with E-state index in [2.05, 4.69) is 10.6 Å². The smallest absolute Gasteiger partial charge is 0.392 e. The lowest BCUT2D eigenvalue weighted by Crippen LogP contribution is -2.38. The lowest BCUT2D eigenvalue weighted by Gasteiger charge is -2.18. The van der Waals surface area contributed by atoms with Crippen LogP contribution in [0.3, 0.4) is 0 Å². The van der Waals surface area contributed by atoms with Gasteiger partial charge in [0.05, 0.1) is 12.3 Å². The molecule has 0 bridgehead atoms. The SMILES string of the molecule is CCCCNC(=O)NCCC(CC(=O)O)C(F)(F)F. The average Bonchev–Trinajstić information content (AvgIpc) is 2.26. The van der Waals surface area contributed by atoms with Gasteiger partial charge in [0.25, 0.3) is 0 Å². The van der Waals surface area contributed by atoms with Gasteiger partial charge in [0.1, 0.15) is 0 Å². The normalized spacial score (nSPS) is 12.8. The molecule has 0 aliphatic rings. The number of rotatable bonds is 8. The highest BCUT2D eigenvalue weighted by atomic mass is 19.4. The van der Waals surface area contributed by atoms with Crippen LogP contribution in [0.4, 0.5) is 18.0 Å². The van der Waals surface area contributed by atoms with Crippen molar-refractivity contribution in [2.45, 2.75) is 38.8 Å². The van der Waals surface area contributed by atoms with Crippen molar-refractivity contribution in [3.63, 3.8) is 0 Å². The summed E-state index contributed by atoms with van der Waals surface area (Å²) in [6.07, 6.45) is -4.31. The summed E-state index contributed by atoms with van der Waals surface area (Å²) < 4.78 is 37.4. The Morgan fingerprint density at radius 2 is 1.79 bits per heavy atom. The van der Waals surface area contributed by atoms with Crippen molar-refractivity contribution in [3.05, 3.63) is 0 Å². The molecule has 8 heteroatoms. The van der Waals surface area contributed by atoms with Crippen LogP contribution in [0.25, 0.3) is 0 Å². The Bertz CT molecular complexity index is 295. The van der Waals surface area contributed by atoms with Gasteiger partial charge in [-0.2, -0.15) is 13.2 Å². The van der Waals surface area contributed by atoms with Crippen molar-refractivity contribution < 1.29 is 27.9 Å². The van der Waals surface area contributed by atoms with Gasteiger partial charge in [-0.25, -0.2) is 4.79 Å². The van der Waals surface area contributed by atoms with Crippen LogP contribution in [0.5, 0.6) is 0 Å². The van der Waals surface area contributed by atoms with Gasteiger partial charge in [-0.05, 0) is 12.8 Å². The Hall–Kier alpha value is -1.47. The van der Waals surface area contributed by atoms with E-state index in [1.54, 1.807) is 0 Å². The van der Waals surface area contributed by atoms with Gasteiger partial charge < -0.3 is 15.7 Å². The number of hydrogen-bond acceptors (Lipinski definition) is 2. The zero-order valence-corrected chi connectivity index (χ0v) is 10.7. The average molecular weight is 284 g/mol. The van der Waals surface area contributed by atoms with Crippen molar-refractivity contribution in [3.8, 4) is 0 Å². The van der Waals surface area contributed by atoms with E-state index in [9.17, 15) is 22.8 Å². The molecule has 0 fully saturated rings. The van der Waals surface area contributed by atoms with E-state index in [4.69, 9.17) is 5.11 Å². The molecule has 0 aliphatic carbocycles. The summed E-state index contributed by atoms with van der Waals surface area (Å²) in [5.74, 6) is -3.45. The van der Waals surface area contributed by atoms with Crippen LogP contribution in [0.15, 0.2) is 0 Å². The molecule has 3 N–H and O–H groups in total. The molecule has 0 rings (SSSR count). The lowest BCUT2D eigenvalue weighted by atomic mass is 10.0. The van der Waals surface area contributed by atoms with Crippen LogP contribution in [-0.2, 0) is 4.79 Å². The highest BCUT2D eigenvalue weighted by molar-refractivity contribution is 5.73. The van der Waals surface area contributed by atoms with E-state index in [-0.39, 0.29) is 6.54 Å². The van der Waals surface area contributed by atoms with E-state index >= 15 is 0 Å². The largest absolute Gasteiger partial charge is 0.481 e. The van der Waals surface area contributed by atoms with Gasteiger partial charge in [-0.15, -0.1) is 0 Å². The summed E-state index contributed by atoms with van der Waals surface area (Å²) in [6, 6.07) is -0.537. The maximum Gasteiger partial charge on any atom is 0.392 e. The molecule has 0 aromatic rings. The molecule has 0 radical (unpaired) electrons. The third-order valence-electron chi connectivity index (χ3n) is 2.48. The number of hydrogen-bond donors (Lipinski definition) is 3. The van der Waals surface area contributed by atoms with Crippen LogP contribution in [0.1, 0.15) is 32.6 Å². The number of carboxylic acid groups (broad SMARTS) is 1. The van der Waals surface area contributed by atoms with Crippen molar-refractivity contribution >= 4 is 12.0 Å². The minimum atomic E-state index is -4.57. The van der Waals surface area contributed by atoms with Crippen LogP contribution in [0.2, 0.25) is 0 Å². The number of amides is 2. The first kappa shape index (κ1) is 17.5. The molecule has 1 unspecified atom stereocenters. The molecule has 2 amide bonds. The molecule has 5 nitrogen and oxygen atoms in total. The maximum atomic E-state index is 12.5. The number of carbonyl (C=O) groups excluding carboxylic acids is 1. The van der Waals surface area contributed by atoms with Crippen molar-refractivity contribution in [2.75, 3.05) is 13.1 Å². The van der Waals surface area contributed by atoms with E-state index < -0.39 is 36.9 Å². The van der Waals surface area contributed by atoms with Gasteiger partial charge >= 0.3 is 18.2 Å². The minimum Gasteiger partial charge on any atom is -0.481 e. The number of alkyl halides is 3. The van der Waals surface area contributed by atoms with Crippen LogP contribution in [-0.4, -0.2) is 36.4 Å². The Labute approximate surface area is 109 Å². The number of nitrogens with one attached hydrogen (secondary N) is 2.